The van der Waals surface area contributed by atoms with E-state index in [-0.39, 0.29) is 11.2 Å². The van der Waals surface area contributed by atoms with Crippen LogP contribution in [-0.2, 0) is 7.05 Å². The van der Waals surface area contributed by atoms with Crippen molar-refractivity contribution in [3.63, 3.8) is 0 Å². The fraction of sp³-hybridized carbons (Fsp3) is 0.450. The van der Waals surface area contributed by atoms with E-state index >= 15 is 0 Å². The van der Waals surface area contributed by atoms with Crippen LogP contribution in [0.3, 0.4) is 0 Å². The number of aromatic nitrogens is 2. The van der Waals surface area contributed by atoms with Crippen LogP contribution in [-0.4, -0.2) is 33.6 Å². The van der Waals surface area contributed by atoms with Gasteiger partial charge in [0, 0.05) is 31.9 Å². The number of nitrogens with zero attached hydrogens (tertiary/aromatic N) is 4. The van der Waals surface area contributed by atoms with Gasteiger partial charge in [0.05, 0.1) is 16.8 Å². The predicted octanol–water partition coefficient (Wildman–Crippen LogP) is 3.31. The zero-order valence-electron chi connectivity index (χ0n) is 16.2. The second-order valence-corrected chi connectivity index (χ2v) is 8.90. The van der Waals surface area contributed by atoms with E-state index in [4.69, 9.17) is 5.73 Å². The molecule has 2 aliphatic rings. The molecule has 28 heavy (non-hydrogen) atoms. The average Bonchev–Trinajstić information content (AvgIpc) is 3.15. The van der Waals surface area contributed by atoms with Crippen molar-refractivity contribution in [1.29, 1.82) is 0 Å². The zero-order valence-corrected chi connectivity index (χ0v) is 17.0. The molecule has 2 aromatic rings. The van der Waals surface area contributed by atoms with Crippen LogP contribution >= 0.6 is 11.8 Å². The maximum absolute atomic E-state index is 14.5. The summed E-state index contributed by atoms with van der Waals surface area (Å²) in [4.78, 5) is 4.26. The summed E-state index contributed by atoms with van der Waals surface area (Å²) in [6.07, 6.45) is 6.04. The van der Waals surface area contributed by atoms with Crippen LogP contribution in [0.5, 0.6) is 0 Å². The van der Waals surface area contributed by atoms with Crippen LogP contribution in [0.15, 0.2) is 41.7 Å². The molecule has 6 nitrogen and oxygen atoms in total. The Bertz CT molecular complexity index is 896. The van der Waals surface area contributed by atoms with Crippen molar-refractivity contribution < 1.29 is 9.50 Å². The van der Waals surface area contributed by atoms with Gasteiger partial charge in [0.15, 0.2) is 5.82 Å². The van der Waals surface area contributed by atoms with Gasteiger partial charge in [-0.25, -0.2) is 4.39 Å². The third-order valence-corrected chi connectivity index (χ3v) is 6.55. The summed E-state index contributed by atoms with van der Waals surface area (Å²) >= 11 is 1.43. The van der Waals surface area contributed by atoms with E-state index in [9.17, 15) is 9.50 Å². The summed E-state index contributed by atoms with van der Waals surface area (Å²) in [6.45, 7) is 3.48. The van der Waals surface area contributed by atoms with Gasteiger partial charge in [-0.05, 0) is 32.3 Å². The summed E-state index contributed by atoms with van der Waals surface area (Å²) in [7, 11) is 1.91. The number of thioether (sulfide) groups is 1. The lowest BCUT2D eigenvalue weighted by molar-refractivity contribution is 0.0481. The molecule has 1 unspecified atom stereocenters. The zero-order chi connectivity index (χ0) is 19.9. The summed E-state index contributed by atoms with van der Waals surface area (Å²) in [5.41, 5.74) is 6.97. The lowest BCUT2D eigenvalue weighted by atomic mass is 9.98. The molecular formula is C20H26FN5OS. The maximum Gasteiger partial charge on any atom is 0.150 e. The van der Waals surface area contributed by atoms with Crippen LogP contribution in [0.25, 0.3) is 0 Å². The smallest absolute Gasteiger partial charge is 0.150 e. The van der Waals surface area contributed by atoms with Gasteiger partial charge in [0.1, 0.15) is 16.9 Å². The Morgan fingerprint density at radius 1 is 1.29 bits per heavy atom. The molecule has 4 rings (SSSR count). The Balaban J connectivity index is 1.70. The molecule has 0 radical (unpaired) electrons. The first-order valence-corrected chi connectivity index (χ1v) is 10.4. The molecule has 0 spiro atoms. The van der Waals surface area contributed by atoms with Crippen molar-refractivity contribution in [3.05, 3.63) is 53.1 Å². The third kappa shape index (κ3) is 3.58. The molecule has 1 aromatic carbocycles. The van der Waals surface area contributed by atoms with Gasteiger partial charge < -0.3 is 20.6 Å². The maximum atomic E-state index is 14.5. The second kappa shape index (κ2) is 7.33. The first-order chi connectivity index (χ1) is 13.4. The number of benzene rings is 1. The highest BCUT2D eigenvalue weighted by molar-refractivity contribution is 8.03. The highest BCUT2D eigenvalue weighted by Crippen LogP contribution is 2.47. The van der Waals surface area contributed by atoms with E-state index in [1.807, 2.05) is 42.0 Å². The minimum Gasteiger partial charge on any atom is -0.392 e. The molecule has 0 aliphatic carbocycles. The van der Waals surface area contributed by atoms with Gasteiger partial charge in [-0.3, -0.25) is 4.68 Å². The molecule has 0 amide bonds. The van der Waals surface area contributed by atoms with Gasteiger partial charge in [0.2, 0.25) is 0 Å². The van der Waals surface area contributed by atoms with Crippen molar-refractivity contribution in [2.75, 3.05) is 22.9 Å². The topological polar surface area (TPSA) is 70.5 Å². The minimum atomic E-state index is -0.642. The Kier molecular flexibility index (Phi) is 5.01. The number of halogens is 1. The second-order valence-electron chi connectivity index (χ2n) is 7.75. The predicted molar refractivity (Wildman–Crippen MR) is 111 cm³/mol. The first-order valence-electron chi connectivity index (χ1n) is 9.52. The molecule has 3 N–H and O–H groups in total. The van der Waals surface area contributed by atoms with Crippen LogP contribution in [0.4, 0.5) is 15.9 Å². The number of nitrogens with two attached hydrogens (primary N) is 1. The Morgan fingerprint density at radius 3 is 2.86 bits per heavy atom. The highest BCUT2D eigenvalue weighted by Gasteiger charge is 2.34. The van der Waals surface area contributed by atoms with Crippen LogP contribution < -0.4 is 15.5 Å². The average molecular weight is 404 g/mol. The molecule has 8 heteroatoms. The Morgan fingerprint density at radius 2 is 2.07 bits per heavy atom. The molecule has 0 saturated carbocycles. The summed E-state index contributed by atoms with van der Waals surface area (Å²) in [5, 5.41) is 15.3. The lowest BCUT2D eigenvalue weighted by Gasteiger charge is -2.30. The van der Waals surface area contributed by atoms with E-state index < -0.39 is 5.60 Å². The molecule has 2 atom stereocenters. The summed E-state index contributed by atoms with van der Waals surface area (Å²) < 4.78 is 16.3. The summed E-state index contributed by atoms with van der Waals surface area (Å²) in [6, 6.07) is 6.81. The van der Waals surface area contributed by atoms with E-state index in [0.29, 0.717) is 17.0 Å². The first kappa shape index (κ1) is 19.1. The molecule has 2 aliphatic heterocycles. The number of hydrogen-bond acceptors (Lipinski definition) is 6. The van der Waals surface area contributed by atoms with Gasteiger partial charge in [0.25, 0.3) is 0 Å². The van der Waals surface area contributed by atoms with E-state index in [0.717, 1.165) is 37.4 Å². The number of aliphatic hydroxyl groups is 1. The fourth-order valence-corrected chi connectivity index (χ4v) is 4.99. The van der Waals surface area contributed by atoms with Crippen molar-refractivity contribution in [1.82, 2.24) is 9.78 Å². The van der Waals surface area contributed by atoms with Crippen molar-refractivity contribution in [2.45, 2.75) is 37.2 Å². The molecule has 1 aromatic heterocycles. The molecular weight excluding hydrogens is 377 g/mol. The molecule has 0 bridgehead atoms. The monoisotopic (exact) mass is 403 g/mol. The van der Waals surface area contributed by atoms with Gasteiger partial charge in [-0.2, -0.15) is 5.10 Å². The van der Waals surface area contributed by atoms with Gasteiger partial charge in [-0.15, -0.1) is 0 Å². The number of anilines is 2. The van der Waals surface area contributed by atoms with E-state index in [1.165, 1.54) is 17.8 Å². The van der Waals surface area contributed by atoms with Crippen molar-refractivity contribution >= 4 is 23.3 Å². The van der Waals surface area contributed by atoms with Crippen LogP contribution in [0.1, 0.15) is 37.1 Å². The van der Waals surface area contributed by atoms with Crippen molar-refractivity contribution in [3.8, 4) is 0 Å². The highest BCUT2D eigenvalue weighted by atomic mass is 32.2. The quantitative estimate of drug-likeness (QED) is 0.819. The molecule has 150 valence electrons. The molecule has 1 saturated heterocycles. The fourth-order valence-electron chi connectivity index (χ4n) is 3.95. The van der Waals surface area contributed by atoms with Crippen molar-refractivity contribution in [2.24, 2.45) is 12.8 Å². The Labute approximate surface area is 168 Å². The minimum absolute atomic E-state index is 0.246. The molecule has 3 heterocycles. The SMILES string of the molecule is Cn1ncc(N2C=C(N)S[C@@H]2c2ccccc2F)c1N1CCCC(C)(O)CC1. The van der Waals surface area contributed by atoms with Gasteiger partial charge >= 0.3 is 0 Å². The van der Waals surface area contributed by atoms with Crippen LogP contribution in [0.2, 0.25) is 0 Å². The Hall–Kier alpha value is -2.19. The van der Waals surface area contributed by atoms with E-state index in [1.54, 1.807) is 12.1 Å². The third-order valence-electron chi connectivity index (χ3n) is 5.47. The normalized spacial score (nSPS) is 25.7. The summed E-state index contributed by atoms with van der Waals surface area (Å²) in [5.74, 6) is 0.718. The largest absolute Gasteiger partial charge is 0.392 e. The number of aryl methyl sites for hydroxylation is 1. The standard InChI is InChI=1S/C20H26FN5OS/c1-20(27)8-5-10-25(11-9-20)18-16(12-23-24(18)2)26-13-17(22)28-19(26)14-6-3-4-7-15(14)21/h3-4,6-7,12-13,19,27H,5,8-11,22H2,1-2H3/t19-,20?/m1/s1. The van der Waals surface area contributed by atoms with Gasteiger partial charge in [-0.1, -0.05) is 30.0 Å². The number of rotatable bonds is 3. The molecule has 1 fully saturated rings. The lowest BCUT2D eigenvalue weighted by Crippen LogP contribution is -2.31. The van der Waals surface area contributed by atoms with Crippen LogP contribution in [0, 0.1) is 5.82 Å². The van der Waals surface area contributed by atoms with E-state index in [2.05, 4.69) is 10.00 Å². The number of hydrogen-bond donors (Lipinski definition) is 2.